The minimum Gasteiger partial charge on any atom is -0.380 e. The molecule has 3 aromatic heterocycles. The molecule has 4 aromatic rings. The standard InChI is InChI=1S/C27H32N6O/c1-19(2)20-6-8-22(9-7-20)27(34,26(3)17-31(4)18-26)23-12-24(14-28-13-23)33-11-10-21(16-33)25-15-29-32(5)30-25/h6-16,19,34H,17-18H2,1-5H3/t27-/m0/s1. The molecule has 4 heterocycles. The van der Waals surface area contributed by atoms with Crippen molar-refractivity contribution in [2.24, 2.45) is 12.5 Å². The first kappa shape index (κ1) is 22.5. The minimum absolute atomic E-state index is 0.330. The smallest absolute Gasteiger partial charge is 0.124 e. The van der Waals surface area contributed by atoms with Gasteiger partial charge in [-0.1, -0.05) is 45.0 Å². The number of hydrogen-bond acceptors (Lipinski definition) is 5. The third-order valence-electron chi connectivity index (χ3n) is 7.13. The van der Waals surface area contributed by atoms with Gasteiger partial charge < -0.3 is 14.6 Å². The van der Waals surface area contributed by atoms with E-state index in [1.54, 1.807) is 24.2 Å². The monoisotopic (exact) mass is 456 g/mol. The number of hydrogen-bond donors (Lipinski definition) is 1. The van der Waals surface area contributed by atoms with Gasteiger partial charge in [0.15, 0.2) is 0 Å². The topological polar surface area (TPSA) is 72.0 Å². The van der Waals surface area contributed by atoms with E-state index in [0.29, 0.717) is 5.92 Å². The lowest BCUT2D eigenvalue weighted by Gasteiger charge is -2.55. The Morgan fingerprint density at radius 2 is 1.74 bits per heavy atom. The summed E-state index contributed by atoms with van der Waals surface area (Å²) in [6.07, 6.45) is 9.38. The number of aliphatic hydroxyl groups is 1. The summed E-state index contributed by atoms with van der Waals surface area (Å²) in [5.74, 6) is 0.440. The molecule has 0 unspecified atom stereocenters. The lowest BCUT2D eigenvalue weighted by Crippen LogP contribution is -2.63. The molecule has 1 atom stereocenters. The van der Waals surface area contributed by atoms with E-state index >= 15 is 0 Å². The number of likely N-dealkylation sites (tertiary alicyclic amines) is 1. The van der Waals surface area contributed by atoms with Gasteiger partial charge in [-0.15, -0.1) is 0 Å². The molecule has 1 aromatic carbocycles. The Bertz CT molecular complexity index is 1300. The molecule has 176 valence electrons. The largest absolute Gasteiger partial charge is 0.380 e. The molecule has 7 heteroatoms. The van der Waals surface area contributed by atoms with E-state index in [1.807, 2.05) is 35.3 Å². The quantitative estimate of drug-likeness (QED) is 0.475. The lowest BCUT2D eigenvalue weighted by atomic mass is 9.62. The van der Waals surface area contributed by atoms with Crippen molar-refractivity contribution < 1.29 is 5.11 Å². The van der Waals surface area contributed by atoms with Gasteiger partial charge in [-0.05, 0) is 36.2 Å². The molecule has 7 nitrogen and oxygen atoms in total. The second-order valence-corrected chi connectivity index (χ2v) is 10.2. The Morgan fingerprint density at radius 1 is 1.00 bits per heavy atom. The maximum Gasteiger partial charge on any atom is 0.124 e. The normalized spacial score (nSPS) is 17.5. The molecular formula is C27H32N6O. The van der Waals surface area contributed by atoms with Crippen LogP contribution in [0.4, 0.5) is 0 Å². The second-order valence-electron chi connectivity index (χ2n) is 10.2. The van der Waals surface area contributed by atoms with Crippen molar-refractivity contribution >= 4 is 0 Å². The molecular weight excluding hydrogens is 424 g/mol. The van der Waals surface area contributed by atoms with Gasteiger partial charge in [-0.2, -0.15) is 15.0 Å². The van der Waals surface area contributed by atoms with Crippen LogP contribution < -0.4 is 0 Å². The highest BCUT2D eigenvalue weighted by Crippen LogP contribution is 2.50. The van der Waals surface area contributed by atoms with Gasteiger partial charge in [0.25, 0.3) is 0 Å². The third kappa shape index (κ3) is 3.65. The molecule has 1 aliphatic heterocycles. The van der Waals surface area contributed by atoms with E-state index in [2.05, 4.69) is 72.2 Å². The maximum atomic E-state index is 12.4. The first-order valence-corrected chi connectivity index (χ1v) is 11.7. The van der Waals surface area contributed by atoms with Gasteiger partial charge in [0.2, 0.25) is 0 Å². The molecule has 1 saturated heterocycles. The highest BCUT2D eigenvalue weighted by atomic mass is 16.3. The van der Waals surface area contributed by atoms with Gasteiger partial charge in [0.05, 0.1) is 18.1 Å². The summed E-state index contributed by atoms with van der Waals surface area (Å²) in [6, 6.07) is 12.5. The molecule has 1 N–H and O–H groups in total. The molecule has 0 aliphatic carbocycles. The van der Waals surface area contributed by atoms with E-state index in [0.717, 1.165) is 41.2 Å². The molecule has 5 rings (SSSR count). The summed E-state index contributed by atoms with van der Waals surface area (Å²) in [5, 5.41) is 21.0. The summed E-state index contributed by atoms with van der Waals surface area (Å²) in [7, 11) is 3.90. The van der Waals surface area contributed by atoms with Gasteiger partial charge >= 0.3 is 0 Å². The summed E-state index contributed by atoms with van der Waals surface area (Å²) in [4.78, 5) is 8.34. The van der Waals surface area contributed by atoms with Crippen LogP contribution in [0, 0.1) is 5.41 Å². The van der Waals surface area contributed by atoms with Gasteiger partial charge in [-0.25, -0.2) is 0 Å². The van der Waals surface area contributed by atoms with Crippen LogP contribution in [0.2, 0.25) is 0 Å². The van der Waals surface area contributed by atoms with Crippen LogP contribution in [-0.2, 0) is 12.6 Å². The molecule has 0 radical (unpaired) electrons. The predicted molar refractivity (Wildman–Crippen MR) is 133 cm³/mol. The number of pyridine rings is 1. The third-order valence-corrected chi connectivity index (χ3v) is 7.13. The zero-order valence-corrected chi connectivity index (χ0v) is 20.5. The Hall–Kier alpha value is -3.29. The van der Waals surface area contributed by atoms with Crippen LogP contribution in [0.1, 0.15) is 43.4 Å². The molecule has 34 heavy (non-hydrogen) atoms. The van der Waals surface area contributed by atoms with Gasteiger partial charge in [0.1, 0.15) is 11.3 Å². The van der Waals surface area contributed by atoms with Crippen LogP contribution in [0.25, 0.3) is 16.9 Å². The Morgan fingerprint density at radius 3 is 2.35 bits per heavy atom. The first-order chi connectivity index (χ1) is 16.2. The Kier molecular flexibility index (Phi) is 5.41. The average molecular weight is 457 g/mol. The Balaban J connectivity index is 1.57. The molecule has 0 saturated carbocycles. The molecule has 0 spiro atoms. The SMILES string of the molecule is CC(C)c1ccc([C@](O)(c2cncc(-n3ccc(-c4cnn(C)n4)c3)c2)C2(C)CN(C)C2)cc1. The molecule has 1 aliphatic rings. The Labute approximate surface area is 200 Å². The fourth-order valence-electron chi connectivity index (χ4n) is 5.30. The van der Waals surface area contributed by atoms with Crippen molar-refractivity contribution in [3.8, 4) is 16.9 Å². The first-order valence-electron chi connectivity index (χ1n) is 11.7. The van der Waals surface area contributed by atoms with E-state index in [4.69, 9.17) is 0 Å². The number of aromatic nitrogens is 5. The highest BCUT2D eigenvalue weighted by Gasteiger charge is 2.55. The lowest BCUT2D eigenvalue weighted by molar-refractivity contribution is -0.127. The number of benzene rings is 1. The zero-order chi connectivity index (χ0) is 24.1. The van der Waals surface area contributed by atoms with E-state index in [-0.39, 0.29) is 5.41 Å². The highest BCUT2D eigenvalue weighted by molar-refractivity contribution is 5.58. The summed E-state index contributed by atoms with van der Waals surface area (Å²) in [5.41, 5.74) is 4.15. The van der Waals surface area contributed by atoms with E-state index < -0.39 is 5.60 Å². The fraction of sp³-hybridized carbons (Fsp3) is 0.370. The van der Waals surface area contributed by atoms with Crippen LogP contribution in [0.5, 0.6) is 0 Å². The summed E-state index contributed by atoms with van der Waals surface area (Å²) < 4.78 is 2.01. The molecule has 0 amide bonds. The van der Waals surface area contributed by atoms with E-state index in [1.165, 1.54) is 5.56 Å². The number of aryl methyl sites for hydroxylation is 1. The summed E-state index contributed by atoms with van der Waals surface area (Å²) in [6.45, 7) is 8.14. The fourth-order valence-corrected chi connectivity index (χ4v) is 5.30. The maximum absolute atomic E-state index is 12.4. The van der Waals surface area contributed by atoms with E-state index in [9.17, 15) is 5.11 Å². The van der Waals surface area contributed by atoms with Crippen molar-refractivity contribution in [3.63, 3.8) is 0 Å². The van der Waals surface area contributed by atoms with Crippen LogP contribution >= 0.6 is 0 Å². The van der Waals surface area contributed by atoms with Gasteiger partial charge in [0, 0.05) is 55.3 Å². The van der Waals surface area contributed by atoms with Crippen LogP contribution in [0.3, 0.4) is 0 Å². The van der Waals surface area contributed by atoms with Crippen LogP contribution in [-0.4, -0.2) is 54.7 Å². The predicted octanol–water partition coefficient (Wildman–Crippen LogP) is 3.98. The van der Waals surface area contributed by atoms with Crippen molar-refractivity contribution in [2.75, 3.05) is 20.1 Å². The number of nitrogens with zero attached hydrogens (tertiary/aromatic N) is 6. The second kappa shape index (κ2) is 8.18. The minimum atomic E-state index is -1.17. The number of rotatable bonds is 6. The summed E-state index contributed by atoms with van der Waals surface area (Å²) >= 11 is 0. The average Bonchev–Trinajstić information content (AvgIpc) is 3.47. The molecule has 0 bridgehead atoms. The van der Waals surface area contributed by atoms with Crippen LogP contribution in [0.15, 0.2) is 67.4 Å². The van der Waals surface area contributed by atoms with Gasteiger partial charge in [-0.3, -0.25) is 4.98 Å². The zero-order valence-electron chi connectivity index (χ0n) is 20.5. The van der Waals surface area contributed by atoms with Crippen molar-refractivity contribution in [2.45, 2.75) is 32.3 Å². The van der Waals surface area contributed by atoms with Crippen molar-refractivity contribution in [1.29, 1.82) is 0 Å². The molecule has 1 fully saturated rings. The van der Waals surface area contributed by atoms with Crippen molar-refractivity contribution in [1.82, 2.24) is 29.4 Å². The van der Waals surface area contributed by atoms with Crippen molar-refractivity contribution in [3.05, 3.63) is 84.1 Å².